The van der Waals surface area contributed by atoms with Crippen molar-refractivity contribution in [3.05, 3.63) is 75.8 Å². The summed E-state index contributed by atoms with van der Waals surface area (Å²) in [4.78, 5) is 35.1. The predicted octanol–water partition coefficient (Wildman–Crippen LogP) is 2.40. The van der Waals surface area contributed by atoms with Gasteiger partial charge in [-0.25, -0.2) is 10.0 Å². The summed E-state index contributed by atoms with van der Waals surface area (Å²) >= 11 is 0. The Morgan fingerprint density at radius 1 is 0.958 bits per heavy atom. The number of rotatable bonds is 3. The molecule has 7 nitrogen and oxygen atoms in total. The van der Waals surface area contributed by atoms with Crippen LogP contribution in [0.1, 0.15) is 5.56 Å². The largest absolute Gasteiger partial charge is 0.282 e. The topological polar surface area (TPSA) is 83.8 Å². The Hall–Kier alpha value is -3.48. The maximum atomic E-state index is 12.6. The van der Waals surface area contributed by atoms with Gasteiger partial charge >= 0.3 is 0 Å². The summed E-state index contributed by atoms with van der Waals surface area (Å²) < 4.78 is 0. The number of likely N-dealkylation sites (N-methyl/N-ethyl adjacent to an activating group) is 1. The second kappa shape index (κ2) is 5.96. The molecule has 2 aromatic carbocycles. The zero-order chi connectivity index (χ0) is 17.3. The zero-order valence-corrected chi connectivity index (χ0v) is 12.7. The second-order valence-corrected chi connectivity index (χ2v) is 5.19. The lowest BCUT2D eigenvalue weighted by Gasteiger charge is -2.22. The minimum atomic E-state index is -0.506. The van der Waals surface area contributed by atoms with E-state index in [0.29, 0.717) is 11.3 Å². The van der Waals surface area contributed by atoms with E-state index in [4.69, 9.17) is 0 Å². The number of amides is 2. The molecule has 0 bridgehead atoms. The number of nitro groups is 1. The summed E-state index contributed by atoms with van der Waals surface area (Å²) in [6.07, 6.45) is 1.44. The van der Waals surface area contributed by atoms with E-state index in [2.05, 4.69) is 0 Å². The van der Waals surface area contributed by atoms with Gasteiger partial charge in [-0.05, 0) is 35.9 Å². The highest BCUT2D eigenvalue weighted by Crippen LogP contribution is 2.27. The van der Waals surface area contributed by atoms with E-state index in [1.807, 2.05) is 6.07 Å². The summed E-state index contributed by atoms with van der Waals surface area (Å²) in [5, 5.41) is 13.2. The first kappa shape index (κ1) is 15.4. The Kier molecular flexibility index (Phi) is 3.83. The van der Waals surface area contributed by atoms with Crippen LogP contribution in [0.4, 0.5) is 11.4 Å². The summed E-state index contributed by atoms with van der Waals surface area (Å²) in [5.41, 5.74) is 1.09. The van der Waals surface area contributed by atoms with Crippen LogP contribution in [0, 0.1) is 10.1 Å². The molecular formula is C17H13N3O4. The van der Waals surface area contributed by atoms with Crippen molar-refractivity contribution in [3.8, 4) is 0 Å². The Morgan fingerprint density at radius 3 is 2.17 bits per heavy atom. The van der Waals surface area contributed by atoms with E-state index >= 15 is 0 Å². The molecule has 3 rings (SSSR count). The van der Waals surface area contributed by atoms with Gasteiger partial charge in [0.1, 0.15) is 5.57 Å². The van der Waals surface area contributed by atoms with Gasteiger partial charge in [-0.1, -0.05) is 18.2 Å². The van der Waals surface area contributed by atoms with Crippen molar-refractivity contribution >= 4 is 29.3 Å². The molecule has 0 spiro atoms. The molecule has 0 aromatic heterocycles. The van der Waals surface area contributed by atoms with Crippen molar-refractivity contribution in [2.24, 2.45) is 0 Å². The van der Waals surface area contributed by atoms with Crippen LogP contribution in [0.3, 0.4) is 0 Å². The lowest BCUT2D eigenvalue weighted by molar-refractivity contribution is -0.384. The molecule has 0 unspecified atom stereocenters. The lowest BCUT2D eigenvalue weighted by atomic mass is 10.1. The number of nitro benzene ring substituents is 1. The predicted molar refractivity (Wildman–Crippen MR) is 87.8 cm³/mol. The molecule has 1 heterocycles. The van der Waals surface area contributed by atoms with Crippen molar-refractivity contribution in [2.45, 2.75) is 0 Å². The van der Waals surface area contributed by atoms with Gasteiger partial charge in [-0.2, -0.15) is 0 Å². The quantitative estimate of drug-likeness (QED) is 0.376. The highest BCUT2D eigenvalue weighted by molar-refractivity contribution is 6.31. The molecule has 0 saturated carbocycles. The molecule has 0 radical (unpaired) electrons. The number of non-ortho nitro benzene ring substituents is 1. The van der Waals surface area contributed by atoms with Crippen molar-refractivity contribution in [1.29, 1.82) is 0 Å². The molecule has 1 aliphatic rings. The van der Waals surface area contributed by atoms with Crippen LogP contribution in [0.25, 0.3) is 6.08 Å². The normalized spacial score (nSPS) is 16.1. The van der Waals surface area contributed by atoms with E-state index < -0.39 is 16.7 Å². The molecule has 0 N–H and O–H groups in total. The Balaban J connectivity index is 1.95. The number of carbonyl (C=O) groups is 2. The fourth-order valence-corrected chi connectivity index (χ4v) is 2.45. The summed E-state index contributed by atoms with van der Waals surface area (Å²) in [6.45, 7) is 0. The summed E-state index contributed by atoms with van der Waals surface area (Å²) in [7, 11) is 1.52. The molecule has 2 amide bonds. The number of anilines is 1. The molecular weight excluding hydrogens is 310 g/mol. The Bertz CT molecular complexity index is 844. The average molecular weight is 323 g/mol. The molecule has 1 saturated heterocycles. The van der Waals surface area contributed by atoms with E-state index in [1.165, 1.54) is 47.4 Å². The number of para-hydroxylation sites is 1. The van der Waals surface area contributed by atoms with E-state index in [9.17, 15) is 19.7 Å². The third-order valence-corrected chi connectivity index (χ3v) is 3.66. The van der Waals surface area contributed by atoms with Crippen molar-refractivity contribution < 1.29 is 14.5 Å². The van der Waals surface area contributed by atoms with Gasteiger partial charge in [0.2, 0.25) is 0 Å². The van der Waals surface area contributed by atoms with Gasteiger partial charge in [0.15, 0.2) is 0 Å². The number of hydrogen-bond donors (Lipinski definition) is 0. The maximum Gasteiger partial charge on any atom is 0.282 e. The van der Waals surface area contributed by atoms with Gasteiger partial charge in [0, 0.05) is 19.2 Å². The third kappa shape index (κ3) is 2.63. The molecule has 0 aliphatic carbocycles. The van der Waals surface area contributed by atoms with E-state index in [-0.39, 0.29) is 11.3 Å². The number of hydrazine groups is 1. The van der Waals surface area contributed by atoms with Crippen molar-refractivity contribution in [1.82, 2.24) is 5.01 Å². The second-order valence-electron chi connectivity index (χ2n) is 5.19. The molecule has 0 atom stereocenters. The SMILES string of the molecule is CN1C(=O)/C(=C/c2ccc([N+](=O)[O-])cc2)C(=O)N1c1ccccc1. The van der Waals surface area contributed by atoms with Crippen LogP contribution >= 0.6 is 0 Å². The molecule has 1 fully saturated rings. The first-order valence-electron chi connectivity index (χ1n) is 7.12. The minimum Gasteiger partial charge on any atom is -0.267 e. The molecule has 24 heavy (non-hydrogen) atoms. The Labute approximate surface area is 137 Å². The van der Waals surface area contributed by atoms with Crippen LogP contribution in [0.2, 0.25) is 0 Å². The van der Waals surface area contributed by atoms with Crippen molar-refractivity contribution in [3.63, 3.8) is 0 Å². The summed E-state index contributed by atoms with van der Waals surface area (Å²) in [6, 6.07) is 14.5. The van der Waals surface area contributed by atoms with Crippen LogP contribution in [0.15, 0.2) is 60.2 Å². The highest BCUT2D eigenvalue weighted by Gasteiger charge is 2.39. The van der Waals surface area contributed by atoms with Crippen molar-refractivity contribution in [2.75, 3.05) is 12.1 Å². The van der Waals surface area contributed by atoms with E-state index in [0.717, 1.165) is 0 Å². The molecule has 120 valence electrons. The lowest BCUT2D eigenvalue weighted by Crippen LogP contribution is -2.37. The number of carbonyl (C=O) groups excluding carboxylic acids is 2. The highest BCUT2D eigenvalue weighted by atomic mass is 16.6. The number of hydrogen-bond acceptors (Lipinski definition) is 4. The Morgan fingerprint density at radius 2 is 1.58 bits per heavy atom. The van der Waals surface area contributed by atoms with Gasteiger partial charge in [0.05, 0.1) is 10.6 Å². The van der Waals surface area contributed by atoms with Gasteiger partial charge < -0.3 is 0 Å². The van der Waals surface area contributed by atoms with Crippen LogP contribution in [0.5, 0.6) is 0 Å². The van der Waals surface area contributed by atoms with E-state index in [1.54, 1.807) is 24.3 Å². The first-order chi connectivity index (χ1) is 11.5. The van der Waals surface area contributed by atoms with Crippen LogP contribution in [-0.4, -0.2) is 28.8 Å². The van der Waals surface area contributed by atoms with Crippen LogP contribution < -0.4 is 5.01 Å². The first-order valence-corrected chi connectivity index (χ1v) is 7.12. The van der Waals surface area contributed by atoms with Crippen LogP contribution in [-0.2, 0) is 9.59 Å². The van der Waals surface area contributed by atoms with Gasteiger partial charge in [-0.15, -0.1) is 0 Å². The number of nitrogens with zero attached hydrogens (tertiary/aromatic N) is 3. The molecule has 7 heteroatoms. The third-order valence-electron chi connectivity index (χ3n) is 3.66. The van der Waals surface area contributed by atoms with Gasteiger partial charge in [-0.3, -0.25) is 19.7 Å². The molecule has 1 aliphatic heterocycles. The fourth-order valence-electron chi connectivity index (χ4n) is 2.45. The zero-order valence-electron chi connectivity index (χ0n) is 12.7. The fraction of sp³-hybridized carbons (Fsp3) is 0.0588. The van der Waals surface area contributed by atoms with Gasteiger partial charge in [0.25, 0.3) is 17.5 Å². The minimum absolute atomic E-state index is 0.00945. The standard InChI is InChI=1S/C17H13N3O4/c1-18-16(21)15(11-12-7-9-14(10-8-12)20(23)24)17(22)19(18)13-5-3-2-4-6-13/h2-11H,1H3/b15-11-. The average Bonchev–Trinajstić information content (AvgIpc) is 2.80. The maximum absolute atomic E-state index is 12.6. The summed E-state index contributed by atoms with van der Waals surface area (Å²) in [5.74, 6) is -0.866. The molecule has 2 aromatic rings. The smallest absolute Gasteiger partial charge is 0.267 e. The number of benzene rings is 2. The monoisotopic (exact) mass is 323 g/mol.